The van der Waals surface area contributed by atoms with Crippen molar-refractivity contribution in [2.24, 2.45) is 0 Å². The molecule has 94 valence electrons. The zero-order chi connectivity index (χ0) is 12.3. The molecule has 1 aromatic carbocycles. The Morgan fingerprint density at radius 1 is 1.41 bits per heavy atom. The maximum Gasteiger partial charge on any atom is 0.130 e. The van der Waals surface area contributed by atoms with Crippen LogP contribution in [0.4, 0.5) is 8.78 Å². The van der Waals surface area contributed by atoms with Gasteiger partial charge in [0, 0.05) is 30.5 Å². The molecule has 0 aliphatic carbocycles. The molecule has 1 unspecified atom stereocenters. The Balaban J connectivity index is 1.85. The predicted molar refractivity (Wildman–Crippen MR) is 65.0 cm³/mol. The van der Waals surface area contributed by atoms with E-state index in [4.69, 9.17) is 0 Å². The largest absolute Gasteiger partial charge is 0.388 e. The summed E-state index contributed by atoms with van der Waals surface area (Å²) in [7, 11) is 0. The molecular weight excluding hydrogens is 244 g/mol. The molecule has 1 atom stereocenters. The summed E-state index contributed by atoms with van der Waals surface area (Å²) in [6, 6.07) is 3.53. The van der Waals surface area contributed by atoms with E-state index >= 15 is 0 Å². The Morgan fingerprint density at radius 2 is 2.24 bits per heavy atom. The van der Waals surface area contributed by atoms with Crippen molar-refractivity contribution in [2.45, 2.75) is 18.6 Å². The molecule has 1 fully saturated rings. The molecule has 0 aromatic heterocycles. The van der Waals surface area contributed by atoms with Gasteiger partial charge in [-0.1, -0.05) is 6.07 Å². The van der Waals surface area contributed by atoms with E-state index in [1.54, 1.807) is 11.8 Å². The van der Waals surface area contributed by atoms with Gasteiger partial charge in [0.25, 0.3) is 0 Å². The summed E-state index contributed by atoms with van der Waals surface area (Å²) < 4.78 is 26.0. The number of halogens is 2. The SMILES string of the molecule is OC1(CNCc2ccc(F)cc2F)CCSC1. The zero-order valence-corrected chi connectivity index (χ0v) is 10.2. The number of hydrogen-bond donors (Lipinski definition) is 2. The second-order valence-electron chi connectivity index (χ2n) is 4.37. The molecule has 0 spiro atoms. The van der Waals surface area contributed by atoms with Crippen LogP contribution in [-0.2, 0) is 6.54 Å². The molecule has 1 heterocycles. The standard InChI is InChI=1S/C12H15F2NOS/c13-10-2-1-9(11(14)5-10)6-15-7-12(16)3-4-17-8-12/h1-2,5,15-16H,3-4,6-8H2. The van der Waals surface area contributed by atoms with Gasteiger partial charge < -0.3 is 10.4 Å². The van der Waals surface area contributed by atoms with Crippen LogP contribution in [0.1, 0.15) is 12.0 Å². The molecule has 1 aromatic rings. The fourth-order valence-electron chi connectivity index (χ4n) is 1.83. The highest BCUT2D eigenvalue weighted by atomic mass is 32.2. The number of thioether (sulfide) groups is 1. The number of rotatable bonds is 4. The van der Waals surface area contributed by atoms with E-state index in [-0.39, 0.29) is 0 Å². The second-order valence-corrected chi connectivity index (χ2v) is 5.47. The minimum absolute atomic E-state index is 0.305. The van der Waals surface area contributed by atoms with Crippen molar-refractivity contribution < 1.29 is 13.9 Å². The van der Waals surface area contributed by atoms with Crippen molar-refractivity contribution in [2.75, 3.05) is 18.1 Å². The Kier molecular flexibility index (Phi) is 4.01. The fraction of sp³-hybridized carbons (Fsp3) is 0.500. The molecule has 0 amide bonds. The lowest BCUT2D eigenvalue weighted by molar-refractivity contribution is 0.0674. The first-order valence-corrected chi connectivity index (χ1v) is 6.69. The molecule has 5 heteroatoms. The van der Waals surface area contributed by atoms with E-state index in [0.29, 0.717) is 24.4 Å². The van der Waals surface area contributed by atoms with Gasteiger partial charge in [-0.25, -0.2) is 8.78 Å². The normalized spacial score (nSPS) is 24.2. The van der Waals surface area contributed by atoms with E-state index in [1.807, 2.05) is 0 Å². The summed E-state index contributed by atoms with van der Waals surface area (Å²) in [6.45, 7) is 0.746. The monoisotopic (exact) mass is 259 g/mol. The molecule has 1 aliphatic heterocycles. The average Bonchev–Trinajstić information content (AvgIpc) is 2.69. The van der Waals surface area contributed by atoms with Gasteiger partial charge in [-0.2, -0.15) is 11.8 Å². The number of benzene rings is 1. The summed E-state index contributed by atoms with van der Waals surface area (Å²) in [6.07, 6.45) is 0.760. The summed E-state index contributed by atoms with van der Waals surface area (Å²) in [5.74, 6) is 0.553. The van der Waals surface area contributed by atoms with Crippen LogP contribution >= 0.6 is 11.8 Å². The van der Waals surface area contributed by atoms with Crippen LogP contribution in [-0.4, -0.2) is 28.8 Å². The van der Waals surface area contributed by atoms with Crippen LogP contribution in [0.2, 0.25) is 0 Å². The Labute approximate surface area is 103 Å². The lowest BCUT2D eigenvalue weighted by Gasteiger charge is -2.21. The van der Waals surface area contributed by atoms with Crippen LogP contribution in [0.5, 0.6) is 0 Å². The first-order chi connectivity index (χ1) is 8.09. The minimum Gasteiger partial charge on any atom is -0.388 e. The lowest BCUT2D eigenvalue weighted by Crippen LogP contribution is -2.40. The molecular formula is C12H15F2NOS. The van der Waals surface area contributed by atoms with Gasteiger partial charge in [0.2, 0.25) is 0 Å². The Hall–Kier alpha value is -0.650. The maximum atomic E-state index is 13.3. The highest BCUT2D eigenvalue weighted by Gasteiger charge is 2.30. The Morgan fingerprint density at radius 3 is 2.88 bits per heavy atom. The third-order valence-corrected chi connectivity index (χ3v) is 4.10. The predicted octanol–water partition coefficient (Wildman–Crippen LogP) is 1.92. The van der Waals surface area contributed by atoms with Crippen molar-refractivity contribution in [1.29, 1.82) is 0 Å². The van der Waals surface area contributed by atoms with Gasteiger partial charge in [-0.05, 0) is 18.2 Å². The highest BCUT2D eigenvalue weighted by Crippen LogP contribution is 2.27. The smallest absolute Gasteiger partial charge is 0.130 e. The first kappa shape index (κ1) is 12.8. The summed E-state index contributed by atoms with van der Waals surface area (Å²) >= 11 is 1.72. The van der Waals surface area contributed by atoms with Gasteiger partial charge >= 0.3 is 0 Å². The average molecular weight is 259 g/mol. The van der Waals surface area contributed by atoms with Crippen LogP contribution < -0.4 is 5.32 Å². The van der Waals surface area contributed by atoms with Crippen molar-refractivity contribution >= 4 is 11.8 Å². The molecule has 2 N–H and O–H groups in total. The van der Waals surface area contributed by atoms with Gasteiger partial charge in [0.15, 0.2) is 0 Å². The molecule has 0 bridgehead atoms. The lowest BCUT2D eigenvalue weighted by atomic mass is 10.0. The van der Waals surface area contributed by atoms with E-state index < -0.39 is 17.2 Å². The van der Waals surface area contributed by atoms with E-state index in [1.165, 1.54) is 12.1 Å². The van der Waals surface area contributed by atoms with Gasteiger partial charge in [-0.15, -0.1) is 0 Å². The van der Waals surface area contributed by atoms with Crippen molar-refractivity contribution in [3.05, 3.63) is 35.4 Å². The maximum absolute atomic E-state index is 13.3. The van der Waals surface area contributed by atoms with Crippen LogP contribution in [0.15, 0.2) is 18.2 Å². The third kappa shape index (κ3) is 3.40. The highest BCUT2D eigenvalue weighted by molar-refractivity contribution is 7.99. The zero-order valence-electron chi connectivity index (χ0n) is 9.38. The number of hydrogen-bond acceptors (Lipinski definition) is 3. The molecule has 0 saturated carbocycles. The van der Waals surface area contributed by atoms with Gasteiger partial charge in [-0.3, -0.25) is 0 Å². The van der Waals surface area contributed by atoms with Crippen molar-refractivity contribution in [3.63, 3.8) is 0 Å². The second kappa shape index (κ2) is 5.33. The van der Waals surface area contributed by atoms with Crippen molar-refractivity contribution in [3.8, 4) is 0 Å². The fourth-order valence-corrected chi connectivity index (χ4v) is 3.13. The number of nitrogens with one attached hydrogen (secondary N) is 1. The first-order valence-electron chi connectivity index (χ1n) is 5.54. The molecule has 1 aliphatic rings. The van der Waals surface area contributed by atoms with E-state index in [0.717, 1.165) is 18.2 Å². The van der Waals surface area contributed by atoms with E-state index in [2.05, 4.69) is 5.32 Å². The van der Waals surface area contributed by atoms with Crippen LogP contribution in [0, 0.1) is 11.6 Å². The third-order valence-electron chi connectivity index (χ3n) is 2.87. The summed E-state index contributed by atoms with van der Waals surface area (Å²) in [5.41, 5.74) is -0.262. The van der Waals surface area contributed by atoms with Gasteiger partial charge in [0.1, 0.15) is 11.6 Å². The molecule has 2 rings (SSSR count). The van der Waals surface area contributed by atoms with Crippen molar-refractivity contribution in [1.82, 2.24) is 5.32 Å². The summed E-state index contributed by atoms with van der Waals surface area (Å²) in [4.78, 5) is 0. The van der Waals surface area contributed by atoms with Crippen LogP contribution in [0.3, 0.4) is 0 Å². The van der Waals surface area contributed by atoms with Gasteiger partial charge in [0.05, 0.1) is 5.60 Å². The quantitative estimate of drug-likeness (QED) is 0.866. The molecule has 0 radical (unpaired) electrons. The minimum atomic E-state index is -0.679. The summed E-state index contributed by atoms with van der Waals surface area (Å²) in [5, 5.41) is 13.1. The van der Waals surface area contributed by atoms with Crippen LogP contribution in [0.25, 0.3) is 0 Å². The molecule has 2 nitrogen and oxygen atoms in total. The molecule has 17 heavy (non-hydrogen) atoms. The van der Waals surface area contributed by atoms with E-state index in [9.17, 15) is 13.9 Å². The topological polar surface area (TPSA) is 32.3 Å². The Bertz CT molecular complexity index is 394. The number of aliphatic hydroxyl groups is 1. The molecule has 1 saturated heterocycles.